The summed E-state index contributed by atoms with van der Waals surface area (Å²) in [5.74, 6) is 1.45. The largest absolute Gasteiger partial charge is 0.316 e. The van der Waals surface area contributed by atoms with E-state index >= 15 is 0 Å². The quantitative estimate of drug-likeness (QED) is 0.741. The minimum Gasteiger partial charge on any atom is -0.316 e. The highest BCUT2D eigenvalue weighted by Gasteiger charge is 2.15. The van der Waals surface area contributed by atoms with Crippen LogP contribution in [0.3, 0.4) is 0 Å². The number of piperidine rings is 1. The van der Waals surface area contributed by atoms with Crippen LogP contribution in [0.15, 0.2) is 54.9 Å². The van der Waals surface area contributed by atoms with Gasteiger partial charge in [-0.3, -0.25) is 0 Å². The van der Waals surface area contributed by atoms with Crippen molar-refractivity contribution in [3.05, 3.63) is 60.4 Å². The number of nitrogens with one attached hydrogen (secondary N) is 2. The van der Waals surface area contributed by atoms with Crippen molar-refractivity contribution < 1.29 is 0 Å². The van der Waals surface area contributed by atoms with Crippen molar-refractivity contribution >= 4 is 22.3 Å². The van der Waals surface area contributed by atoms with Gasteiger partial charge < -0.3 is 10.6 Å². The van der Waals surface area contributed by atoms with Gasteiger partial charge in [0.1, 0.15) is 5.82 Å². The Balaban J connectivity index is 1.50. The van der Waals surface area contributed by atoms with Gasteiger partial charge in [-0.1, -0.05) is 41.7 Å². The molecule has 1 aromatic carbocycles. The van der Waals surface area contributed by atoms with E-state index in [4.69, 9.17) is 0 Å². The van der Waals surface area contributed by atoms with Crippen LogP contribution in [0.2, 0.25) is 0 Å². The second-order valence-electron chi connectivity index (χ2n) is 6.04. The number of pyridine rings is 1. The minimum atomic E-state index is 0.582. The van der Waals surface area contributed by atoms with Gasteiger partial charge in [-0.25, -0.2) is 9.97 Å². The Labute approximate surface area is 146 Å². The van der Waals surface area contributed by atoms with Gasteiger partial charge in [-0.2, -0.15) is 0 Å². The molecular weight excluding hydrogens is 316 g/mol. The lowest BCUT2D eigenvalue weighted by Crippen LogP contribution is -2.28. The topological polar surface area (TPSA) is 49.8 Å². The smallest absolute Gasteiger partial charge is 0.188 e. The molecule has 0 amide bonds. The predicted molar refractivity (Wildman–Crippen MR) is 99.9 cm³/mol. The van der Waals surface area contributed by atoms with Crippen LogP contribution in [0.25, 0.3) is 10.4 Å². The molecule has 1 fully saturated rings. The highest BCUT2D eigenvalue weighted by atomic mass is 32.1. The number of rotatable bonds is 4. The molecule has 0 bridgehead atoms. The lowest BCUT2D eigenvalue weighted by atomic mass is 9.92. The number of aromatic nitrogens is 2. The Hall–Kier alpha value is -2.24. The van der Waals surface area contributed by atoms with Crippen molar-refractivity contribution in [3.63, 3.8) is 0 Å². The van der Waals surface area contributed by atoms with E-state index in [1.165, 1.54) is 24.0 Å². The Kier molecular flexibility index (Phi) is 4.53. The average molecular weight is 336 g/mol. The van der Waals surface area contributed by atoms with Crippen molar-refractivity contribution in [2.24, 2.45) is 0 Å². The average Bonchev–Trinajstić information content (AvgIpc) is 3.12. The minimum absolute atomic E-state index is 0.582. The molecule has 1 saturated heterocycles. The molecule has 0 aliphatic carbocycles. The van der Waals surface area contributed by atoms with Gasteiger partial charge >= 0.3 is 0 Å². The highest BCUT2D eigenvalue weighted by Crippen LogP contribution is 2.31. The molecule has 2 N–H and O–H groups in total. The number of anilines is 2. The summed E-state index contributed by atoms with van der Waals surface area (Å²) in [4.78, 5) is 10.1. The third kappa shape index (κ3) is 3.47. The summed E-state index contributed by atoms with van der Waals surface area (Å²) < 4.78 is 0. The third-order valence-corrected chi connectivity index (χ3v) is 5.31. The van der Waals surface area contributed by atoms with Crippen LogP contribution in [0, 0.1) is 0 Å². The maximum Gasteiger partial charge on any atom is 0.188 e. The summed E-state index contributed by atoms with van der Waals surface area (Å²) >= 11 is 1.65. The summed E-state index contributed by atoms with van der Waals surface area (Å²) in [6, 6.07) is 14.6. The van der Waals surface area contributed by atoms with Gasteiger partial charge in [-0.15, -0.1) is 0 Å². The van der Waals surface area contributed by atoms with E-state index in [-0.39, 0.29) is 0 Å². The number of hydrogen-bond acceptors (Lipinski definition) is 5. The fourth-order valence-corrected chi connectivity index (χ4v) is 3.91. The van der Waals surface area contributed by atoms with Crippen LogP contribution in [0.1, 0.15) is 24.3 Å². The molecule has 24 heavy (non-hydrogen) atoms. The lowest BCUT2D eigenvalue weighted by molar-refractivity contribution is 0.461. The van der Waals surface area contributed by atoms with Gasteiger partial charge in [0.2, 0.25) is 0 Å². The van der Waals surface area contributed by atoms with E-state index in [1.807, 2.05) is 30.6 Å². The number of hydrogen-bond donors (Lipinski definition) is 2. The molecule has 4 nitrogen and oxygen atoms in total. The second kappa shape index (κ2) is 7.11. The first kappa shape index (κ1) is 15.3. The summed E-state index contributed by atoms with van der Waals surface area (Å²) in [5.41, 5.74) is 2.54. The molecular formula is C19H20N4S. The van der Waals surface area contributed by atoms with Crippen LogP contribution in [0.4, 0.5) is 10.9 Å². The van der Waals surface area contributed by atoms with Crippen LogP contribution in [-0.2, 0) is 0 Å². The Morgan fingerprint density at radius 2 is 2.04 bits per heavy atom. The van der Waals surface area contributed by atoms with Gasteiger partial charge in [0.25, 0.3) is 0 Å². The highest BCUT2D eigenvalue weighted by molar-refractivity contribution is 7.18. The van der Waals surface area contributed by atoms with Crippen molar-refractivity contribution in [1.82, 2.24) is 15.3 Å². The summed E-state index contributed by atoms with van der Waals surface area (Å²) in [7, 11) is 0. The summed E-state index contributed by atoms with van der Waals surface area (Å²) in [5, 5.41) is 7.70. The zero-order valence-electron chi connectivity index (χ0n) is 13.4. The maximum atomic E-state index is 4.49. The summed E-state index contributed by atoms with van der Waals surface area (Å²) in [6.45, 7) is 2.19. The fourth-order valence-electron chi connectivity index (χ4n) is 3.08. The van der Waals surface area contributed by atoms with Crippen LogP contribution >= 0.6 is 11.3 Å². The van der Waals surface area contributed by atoms with E-state index in [0.717, 1.165) is 28.9 Å². The van der Waals surface area contributed by atoms with E-state index in [9.17, 15) is 0 Å². The van der Waals surface area contributed by atoms with E-state index in [2.05, 4.69) is 44.9 Å². The summed E-state index contributed by atoms with van der Waals surface area (Å²) in [6.07, 6.45) is 6.28. The van der Waals surface area contributed by atoms with Gasteiger partial charge in [-0.05, 0) is 48.6 Å². The first-order chi connectivity index (χ1) is 11.9. The van der Waals surface area contributed by atoms with Crippen molar-refractivity contribution in [2.45, 2.75) is 18.8 Å². The Bertz CT molecular complexity index is 794. The standard InChI is InChI=1S/C19H20N4S/c1-2-5-14(6-3-1)17-13-22-19(24-17)23-18-11-15(8-10-21-18)16-7-4-9-20-12-16/h1-3,5-6,8,10-11,13,16,20H,4,7,9,12H2,(H,21,22,23)/t16-/m0/s1. The van der Waals surface area contributed by atoms with Crippen LogP contribution < -0.4 is 10.6 Å². The van der Waals surface area contributed by atoms with Crippen LogP contribution in [-0.4, -0.2) is 23.1 Å². The zero-order valence-corrected chi connectivity index (χ0v) is 14.2. The second-order valence-corrected chi connectivity index (χ2v) is 7.07. The lowest BCUT2D eigenvalue weighted by Gasteiger charge is -2.23. The zero-order chi connectivity index (χ0) is 16.2. The van der Waals surface area contributed by atoms with E-state index in [0.29, 0.717) is 5.92 Å². The maximum absolute atomic E-state index is 4.49. The van der Waals surface area contributed by atoms with E-state index in [1.54, 1.807) is 11.3 Å². The number of benzene rings is 1. The molecule has 1 aliphatic rings. The molecule has 0 spiro atoms. The monoisotopic (exact) mass is 336 g/mol. The molecule has 1 atom stereocenters. The van der Waals surface area contributed by atoms with Crippen molar-refractivity contribution in [2.75, 3.05) is 18.4 Å². The first-order valence-corrected chi connectivity index (χ1v) is 9.15. The molecule has 0 saturated carbocycles. The molecule has 3 aromatic rings. The molecule has 122 valence electrons. The SMILES string of the molecule is c1ccc(-c2cnc(Nc3cc([C@H]4CCCNC4)ccn3)s2)cc1. The van der Waals surface area contributed by atoms with Crippen molar-refractivity contribution in [1.29, 1.82) is 0 Å². The number of thiazole rings is 1. The molecule has 1 aliphatic heterocycles. The molecule has 2 aromatic heterocycles. The van der Waals surface area contributed by atoms with Gasteiger partial charge in [0.05, 0.1) is 4.88 Å². The van der Waals surface area contributed by atoms with Gasteiger partial charge in [0, 0.05) is 18.9 Å². The molecule has 5 heteroatoms. The van der Waals surface area contributed by atoms with E-state index < -0.39 is 0 Å². The first-order valence-electron chi connectivity index (χ1n) is 8.33. The third-order valence-electron chi connectivity index (χ3n) is 4.35. The van der Waals surface area contributed by atoms with Gasteiger partial charge in [0.15, 0.2) is 5.13 Å². The molecule has 4 rings (SSSR count). The Morgan fingerprint density at radius 1 is 1.12 bits per heavy atom. The molecule has 0 unspecified atom stereocenters. The fraction of sp³-hybridized carbons (Fsp3) is 0.263. The number of nitrogens with zero attached hydrogens (tertiary/aromatic N) is 2. The normalized spacial score (nSPS) is 17.6. The molecule has 0 radical (unpaired) electrons. The molecule has 3 heterocycles. The predicted octanol–water partition coefficient (Wildman–Crippen LogP) is 4.42. The Morgan fingerprint density at radius 3 is 2.88 bits per heavy atom. The van der Waals surface area contributed by atoms with Crippen molar-refractivity contribution in [3.8, 4) is 10.4 Å². The van der Waals surface area contributed by atoms with Crippen LogP contribution in [0.5, 0.6) is 0 Å².